The Morgan fingerprint density at radius 1 is 1.50 bits per heavy atom. The Hall–Kier alpha value is -0.450. The SMILES string of the molecule is CNC(C)c1nc2ccc(Br)cc2s1. The fourth-order valence-corrected chi connectivity index (χ4v) is 2.81. The van der Waals surface area contributed by atoms with E-state index in [-0.39, 0.29) is 0 Å². The molecule has 4 heteroatoms. The molecular formula is C10H11BrN2S. The van der Waals surface area contributed by atoms with Crippen molar-refractivity contribution in [2.45, 2.75) is 13.0 Å². The van der Waals surface area contributed by atoms with Crippen molar-refractivity contribution in [3.05, 3.63) is 27.7 Å². The minimum Gasteiger partial charge on any atom is -0.311 e. The van der Waals surface area contributed by atoms with Gasteiger partial charge in [0.25, 0.3) is 0 Å². The molecule has 74 valence electrons. The Morgan fingerprint density at radius 2 is 2.29 bits per heavy atom. The molecule has 1 aromatic heterocycles. The normalized spacial score (nSPS) is 13.4. The van der Waals surface area contributed by atoms with Gasteiger partial charge in [0.15, 0.2) is 0 Å². The van der Waals surface area contributed by atoms with E-state index in [1.54, 1.807) is 11.3 Å². The summed E-state index contributed by atoms with van der Waals surface area (Å²) in [6.07, 6.45) is 0. The summed E-state index contributed by atoms with van der Waals surface area (Å²) >= 11 is 5.20. The van der Waals surface area contributed by atoms with Crippen molar-refractivity contribution >= 4 is 37.5 Å². The van der Waals surface area contributed by atoms with Crippen molar-refractivity contribution in [3.63, 3.8) is 0 Å². The van der Waals surface area contributed by atoms with Gasteiger partial charge in [-0.25, -0.2) is 4.98 Å². The molecule has 0 fully saturated rings. The standard InChI is InChI=1S/C10H11BrN2S/c1-6(12-2)10-13-8-4-3-7(11)5-9(8)14-10/h3-6,12H,1-2H3. The molecule has 2 rings (SSSR count). The van der Waals surface area contributed by atoms with Gasteiger partial charge in [-0.05, 0) is 32.2 Å². The van der Waals surface area contributed by atoms with Crippen molar-refractivity contribution in [2.24, 2.45) is 0 Å². The van der Waals surface area contributed by atoms with Crippen LogP contribution in [0.15, 0.2) is 22.7 Å². The summed E-state index contributed by atoms with van der Waals surface area (Å²) in [5.74, 6) is 0. The van der Waals surface area contributed by atoms with Gasteiger partial charge in [0, 0.05) is 4.47 Å². The van der Waals surface area contributed by atoms with E-state index < -0.39 is 0 Å². The number of halogens is 1. The molecule has 1 unspecified atom stereocenters. The lowest BCUT2D eigenvalue weighted by atomic mass is 10.3. The molecule has 2 aromatic rings. The van der Waals surface area contributed by atoms with E-state index in [9.17, 15) is 0 Å². The fraction of sp³-hybridized carbons (Fsp3) is 0.300. The van der Waals surface area contributed by atoms with Crippen LogP contribution in [0.4, 0.5) is 0 Å². The van der Waals surface area contributed by atoms with Crippen molar-refractivity contribution in [1.82, 2.24) is 10.3 Å². The first-order valence-corrected chi connectivity index (χ1v) is 6.05. The van der Waals surface area contributed by atoms with Crippen LogP contribution in [-0.2, 0) is 0 Å². The predicted molar refractivity (Wildman–Crippen MR) is 64.8 cm³/mol. The number of nitrogens with zero attached hydrogens (tertiary/aromatic N) is 1. The van der Waals surface area contributed by atoms with Crippen molar-refractivity contribution < 1.29 is 0 Å². The third kappa shape index (κ3) is 1.82. The smallest absolute Gasteiger partial charge is 0.111 e. The zero-order chi connectivity index (χ0) is 10.1. The number of thiazole rings is 1. The van der Waals surface area contributed by atoms with E-state index in [0.717, 1.165) is 15.0 Å². The molecule has 0 amide bonds. The lowest BCUT2D eigenvalue weighted by Gasteiger charge is -2.03. The van der Waals surface area contributed by atoms with E-state index in [1.807, 2.05) is 19.2 Å². The molecule has 0 aliphatic heterocycles. The molecule has 1 heterocycles. The van der Waals surface area contributed by atoms with Gasteiger partial charge >= 0.3 is 0 Å². The van der Waals surface area contributed by atoms with Crippen LogP contribution in [0.3, 0.4) is 0 Å². The number of fused-ring (bicyclic) bond motifs is 1. The Labute approximate surface area is 95.5 Å². The van der Waals surface area contributed by atoms with Crippen molar-refractivity contribution in [2.75, 3.05) is 7.05 Å². The van der Waals surface area contributed by atoms with Crippen molar-refractivity contribution in [1.29, 1.82) is 0 Å². The Kier molecular flexibility index (Phi) is 2.85. The zero-order valence-electron chi connectivity index (χ0n) is 8.04. The molecule has 1 aromatic carbocycles. The van der Waals surface area contributed by atoms with Gasteiger partial charge in [0.05, 0.1) is 16.3 Å². The molecular weight excluding hydrogens is 260 g/mol. The first-order chi connectivity index (χ1) is 6.70. The van der Waals surface area contributed by atoms with Crippen molar-refractivity contribution in [3.8, 4) is 0 Å². The summed E-state index contributed by atoms with van der Waals surface area (Å²) in [5, 5.41) is 4.33. The molecule has 0 bridgehead atoms. The molecule has 1 N–H and O–H groups in total. The van der Waals surface area contributed by atoms with Crippen LogP contribution in [0.1, 0.15) is 18.0 Å². The Balaban J connectivity index is 2.51. The second kappa shape index (κ2) is 3.96. The van der Waals surface area contributed by atoms with Gasteiger partial charge in [0.2, 0.25) is 0 Å². The number of hydrogen-bond donors (Lipinski definition) is 1. The van der Waals surface area contributed by atoms with Crippen LogP contribution in [-0.4, -0.2) is 12.0 Å². The molecule has 0 saturated carbocycles. The zero-order valence-corrected chi connectivity index (χ0v) is 10.4. The number of benzene rings is 1. The first kappa shape index (κ1) is 10.1. The molecule has 0 radical (unpaired) electrons. The van der Waals surface area contributed by atoms with Crippen LogP contribution in [0.2, 0.25) is 0 Å². The van der Waals surface area contributed by atoms with E-state index in [2.05, 4.69) is 39.2 Å². The summed E-state index contributed by atoms with van der Waals surface area (Å²) in [5.41, 5.74) is 1.08. The topological polar surface area (TPSA) is 24.9 Å². The van der Waals surface area contributed by atoms with Crippen LogP contribution < -0.4 is 5.32 Å². The van der Waals surface area contributed by atoms with Gasteiger partial charge in [-0.15, -0.1) is 11.3 Å². The lowest BCUT2D eigenvalue weighted by Crippen LogP contribution is -2.11. The van der Waals surface area contributed by atoms with E-state index in [0.29, 0.717) is 6.04 Å². The van der Waals surface area contributed by atoms with Crippen LogP contribution in [0.5, 0.6) is 0 Å². The quantitative estimate of drug-likeness (QED) is 0.906. The number of aromatic nitrogens is 1. The molecule has 1 atom stereocenters. The highest BCUT2D eigenvalue weighted by molar-refractivity contribution is 9.10. The number of rotatable bonds is 2. The first-order valence-electron chi connectivity index (χ1n) is 4.44. The largest absolute Gasteiger partial charge is 0.311 e. The third-order valence-corrected chi connectivity index (χ3v) is 3.86. The molecule has 0 aliphatic rings. The van der Waals surface area contributed by atoms with Crippen LogP contribution in [0, 0.1) is 0 Å². The van der Waals surface area contributed by atoms with Gasteiger partial charge in [-0.3, -0.25) is 0 Å². The molecule has 14 heavy (non-hydrogen) atoms. The second-order valence-electron chi connectivity index (χ2n) is 3.17. The van der Waals surface area contributed by atoms with Gasteiger partial charge in [-0.1, -0.05) is 15.9 Å². The summed E-state index contributed by atoms with van der Waals surface area (Å²) in [6.45, 7) is 2.12. The highest BCUT2D eigenvalue weighted by Gasteiger charge is 2.09. The molecule has 0 spiro atoms. The van der Waals surface area contributed by atoms with Crippen LogP contribution in [0.25, 0.3) is 10.2 Å². The summed E-state index contributed by atoms with van der Waals surface area (Å²) in [6, 6.07) is 6.50. The maximum Gasteiger partial charge on any atom is 0.111 e. The summed E-state index contributed by atoms with van der Waals surface area (Å²) < 4.78 is 2.34. The highest BCUT2D eigenvalue weighted by Crippen LogP contribution is 2.28. The van der Waals surface area contributed by atoms with E-state index in [1.165, 1.54) is 4.70 Å². The molecule has 2 nitrogen and oxygen atoms in total. The Morgan fingerprint density at radius 3 is 3.00 bits per heavy atom. The monoisotopic (exact) mass is 270 g/mol. The second-order valence-corrected chi connectivity index (χ2v) is 5.15. The molecule has 0 saturated heterocycles. The summed E-state index contributed by atoms with van der Waals surface area (Å²) in [4.78, 5) is 4.56. The minimum atomic E-state index is 0.325. The average Bonchev–Trinajstić information content (AvgIpc) is 2.59. The highest BCUT2D eigenvalue weighted by atomic mass is 79.9. The number of nitrogens with one attached hydrogen (secondary N) is 1. The summed E-state index contributed by atoms with van der Waals surface area (Å²) in [7, 11) is 1.95. The maximum atomic E-state index is 4.56. The van der Waals surface area contributed by atoms with Gasteiger partial charge < -0.3 is 5.32 Å². The average molecular weight is 271 g/mol. The Bertz CT molecular complexity index is 452. The minimum absolute atomic E-state index is 0.325. The molecule has 0 aliphatic carbocycles. The van der Waals surface area contributed by atoms with E-state index >= 15 is 0 Å². The maximum absolute atomic E-state index is 4.56. The third-order valence-electron chi connectivity index (χ3n) is 2.17. The van der Waals surface area contributed by atoms with Crippen LogP contribution >= 0.6 is 27.3 Å². The predicted octanol–water partition coefficient (Wildman–Crippen LogP) is 3.34. The number of hydrogen-bond acceptors (Lipinski definition) is 3. The fourth-order valence-electron chi connectivity index (χ4n) is 1.22. The lowest BCUT2D eigenvalue weighted by molar-refractivity contribution is 0.649. The van der Waals surface area contributed by atoms with Gasteiger partial charge in [-0.2, -0.15) is 0 Å². The van der Waals surface area contributed by atoms with Gasteiger partial charge in [0.1, 0.15) is 5.01 Å². The van der Waals surface area contributed by atoms with E-state index in [4.69, 9.17) is 0 Å².